The molecular formula is C18H20N2O3. The van der Waals surface area contributed by atoms with Crippen LogP contribution in [0.4, 0.5) is 0 Å². The van der Waals surface area contributed by atoms with Crippen molar-refractivity contribution in [3.8, 4) is 11.5 Å². The molecule has 0 bridgehead atoms. The molecule has 0 aliphatic carbocycles. The van der Waals surface area contributed by atoms with Crippen LogP contribution in [-0.2, 0) is 0 Å². The molecule has 2 rings (SSSR count). The number of nitrogens with one attached hydrogen (secondary N) is 1. The fourth-order valence-corrected chi connectivity index (χ4v) is 1.79. The van der Waals surface area contributed by atoms with Gasteiger partial charge in [0.05, 0.1) is 12.8 Å². The molecule has 0 aliphatic heterocycles. The fraction of sp³-hybridized carbons (Fsp3) is 0.222. The number of phenolic OH excluding ortho intramolecular Hbond substituents is 1. The Labute approximate surface area is 135 Å². The normalized spacial score (nSPS) is 10.9. The van der Waals surface area contributed by atoms with Crippen molar-refractivity contribution in [1.29, 1.82) is 0 Å². The monoisotopic (exact) mass is 312 g/mol. The van der Waals surface area contributed by atoms with E-state index >= 15 is 0 Å². The van der Waals surface area contributed by atoms with Crippen LogP contribution in [0.2, 0.25) is 0 Å². The van der Waals surface area contributed by atoms with E-state index in [9.17, 15) is 9.90 Å². The van der Waals surface area contributed by atoms with Gasteiger partial charge >= 0.3 is 0 Å². The van der Waals surface area contributed by atoms with Crippen molar-refractivity contribution in [2.45, 2.75) is 13.8 Å². The molecule has 0 radical (unpaired) electrons. The summed E-state index contributed by atoms with van der Waals surface area (Å²) >= 11 is 0. The Balaban J connectivity index is 1.92. The number of carbonyl (C=O) groups is 1. The first kappa shape index (κ1) is 16.5. The van der Waals surface area contributed by atoms with Gasteiger partial charge in [-0.3, -0.25) is 4.79 Å². The zero-order chi connectivity index (χ0) is 16.7. The van der Waals surface area contributed by atoms with Gasteiger partial charge in [-0.05, 0) is 42.3 Å². The predicted molar refractivity (Wildman–Crippen MR) is 89.9 cm³/mol. The van der Waals surface area contributed by atoms with Crippen LogP contribution < -0.4 is 10.2 Å². The van der Waals surface area contributed by atoms with Gasteiger partial charge in [-0.15, -0.1) is 0 Å². The van der Waals surface area contributed by atoms with Crippen molar-refractivity contribution in [3.63, 3.8) is 0 Å². The summed E-state index contributed by atoms with van der Waals surface area (Å²) in [7, 11) is 0. The van der Waals surface area contributed by atoms with Gasteiger partial charge < -0.3 is 9.84 Å². The quantitative estimate of drug-likeness (QED) is 0.635. The molecule has 0 aromatic heterocycles. The number of phenols is 1. The molecule has 23 heavy (non-hydrogen) atoms. The number of hydrogen-bond donors (Lipinski definition) is 2. The number of hydrazone groups is 1. The third kappa shape index (κ3) is 5.14. The standard InChI is InChI=1S/C18H20N2O3/c1-13(2)12-23-16-9-7-14(8-10-16)18(22)20-19-11-15-5-3-4-6-17(15)21/h3-11,13,21H,12H2,1-2H3,(H,20,22). The molecule has 2 aromatic carbocycles. The van der Waals surface area contributed by atoms with E-state index in [0.29, 0.717) is 23.7 Å². The van der Waals surface area contributed by atoms with E-state index in [1.807, 2.05) is 0 Å². The van der Waals surface area contributed by atoms with E-state index in [0.717, 1.165) is 5.75 Å². The lowest BCUT2D eigenvalue weighted by Gasteiger charge is -2.08. The number of rotatable bonds is 6. The second-order valence-corrected chi connectivity index (χ2v) is 5.49. The van der Waals surface area contributed by atoms with E-state index in [-0.39, 0.29) is 11.7 Å². The van der Waals surface area contributed by atoms with E-state index in [1.165, 1.54) is 6.21 Å². The Morgan fingerprint density at radius 2 is 1.91 bits per heavy atom. The van der Waals surface area contributed by atoms with E-state index in [2.05, 4.69) is 24.4 Å². The summed E-state index contributed by atoms with van der Waals surface area (Å²) in [5.74, 6) is 0.957. The zero-order valence-electron chi connectivity index (χ0n) is 13.2. The first-order chi connectivity index (χ1) is 11.1. The summed E-state index contributed by atoms with van der Waals surface area (Å²) in [6.45, 7) is 4.78. The van der Waals surface area contributed by atoms with E-state index in [1.54, 1.807) is 48.5 Å². The summed E-state index contributed by atoms with van der Waals surface area (Å²) in [5.41, 5.74) is 3.44. The molecule has 0 unspecified atom stereocenters. The second kappa shape index (κ2) is 7.98. The van der Waals surface area contributed by atoms with Gasteiger partial charge in [-0.25, -0.2) is 5.43 Å². The van der Waals surface area contributed by atoms with Crippen LogP contribution in [0.1, 0.15) is 29.8 Å². The van der Waals surface area contributed by atoms with E-state index < -0.39 is 0 Å². The third-order valence-corrected chi connectivity index (χ3v) is 3.01. The molecule has 5 nitrogen and oxygen atoms in total. The molecular weight excluding hydrogens is 292 g/mol. The molecule has 2 aromatic rings. The average molecular weight is 312 g/mol. The van der Waals surface area contributed by atoms with Gasteiger partial charge in [0.1, 0.15) is 11.5 Å². The summed E-state index contributed by atoms with van der Waals surface area (Å²) in [6, 6.07) is 13.6. The van der Waals surface area contributed by atoms with Gasteiger partial charge in [0.2, 0.25) is 0 Å². The van der Waals surface area contributed by atoms with E-state index in [4.69, 9.17) is 4.74 Å². The smallest absolute Gasteiger partial charge is 0.271 e. The van der Waals surface area contributed by atoms with Crippen molar-refractivity contribution in [2.75, 3.05) is 6.61 Å². The van der Waals surface area contributed by atoms with Gasteiger partial charge in [-0.2, -0.15) is 5.10 Å². The van der Waals surface area contributed by atoms with Crippen LogP contribution in [0.3, 0.4) is 0 Å². The van der Waals surface area contributed by atoms with Crippen molar-refractivity contribution in [1.82, 2.24) is 5.43 Å². The van der Waals surface area contributed by atoms with Crippen LogP contribution in [0.5, 0.6) is 11.5 Å². The Kier molecular flexibility index (Phi) is 5.74. The molecule has 0 atom stereocenters. The van der Waals surface area contributed by atoms with Crippen molar-refractivity contribution in [3.05, 3.63) is 59.7 Å². The first-order valence-corrected chi connectivity index (χ1v) is 7.40. The first-order valence-electron chi connectivity index (χ1n) is 7.40. The number of carbonyl (C=O) groups excluding carboxylic acids is 1. The topological polar surface area (TPSA) is 70.9 Å². The highest BCUT2D eigenvalue weighted by Crippen LogP contribution is 2.14. The number of ether oxygens (including phenoxy) is 1. The zero-order valence-corrected chi connectivity index (χ0v) is 13.2. The maximum Gasteiger partial charge on any atom is 0.271 e. The number of benzene rings is 2. The molecule has 5 heteroatoms. The minimum Gasteiger partial charge on any atom is -0.507 e. The SMILES string of the molecule is CC(C)COc1ccc(C(=O)NN=Cc2ccccc2O)cc1. The second-order valence-electron chi connectivity index (χ2n) is 5.49. The highest BCUT2D eigenvalue weighted by molar-refractivity contribution is 5.95. The molecule has 0 spiro atoms. The summed E-state index contributed by atoms with van der Waals surface area (Å²) in [6.07, 6.45) is 1.40. The lowest BCUT2D eigenvalue weighted by molar-refractivity contribution is 0.0955. The number of para-hydroxylation sites is 1. The van der Waals surface area contributed by atoms with Crippen LogP contribution in [0.15, 0.2) is 53.6 Å². The number of amides is 1. The molecule has 0 fully saturated rings. The molecule has 0 saturated carbocycles. The summed E-state index contributed by atoms with van der Waals surface area (Å²) < 4.78 is 5.57. The largest absolute Gasteiger partial charge is 0.507 e. The predicted octanol–water partition coefficient (Wildman–Crippen LogP) is 3.19. The van der Waals surface area contributed by atoms with Gasteiger partial charge in [0.15, 0.2) is 0 Å². The molecule has 0 heterocycles. The summed E-state index contributed by atoms with van der Waals surface area (Å²) in [4.78, 5) is 12.0. The Bertz CT molecular complexity index is 679. The van der Waals surface area contributed by atoms with Crippen molar-refractivity contribution >= 4 is 12.1 Å². The Morgan fingerprint density at radius 3 is 2.57 bits per heavy atom. The Morgan fingerprint density at radius 1 is 1.22 bits per heavy atom. The lowest BCUT2D eigenvalue weighted by Crippen LogP contribution is -2.17. The van der Waals surface area contributed by atoms with Crippen molar-refractivity contribution in [2.24, 2.45) is 11.0 Å². The highest BCUT2D eigenvalue weighted by Gasteiger charge is 2.05. The number of nitrogens with zero attached hydrogens (tertiary/aromatic N) is 1. The maximum atomic E-state index is 12.0. The maximum absolute atomic E-state index is 12.0. The average Bonchev–Trinajstić information content (AvgIpc) is 2.55. The van der Waals surface area contributed by atoms with Gasteiger partial charge in [0, 0.05) is 11.1 Å². The van der Waals surface area contributed by atoms with Gasteiger partial charge in [0.25, 0.3) is 5.91 Å². The van der Waals surface area contributed by atoms with Crippen LogP contribution in [0.25, 0.3) is 0 Å². The molecule has 0 saturated heterocycles. The van der Waals surface area contributed by atoms with Crippen LogP contribution in [-0.4, -0.2) is 23.8 Å². The molecule has 2 N–H and O–H groups in total. The summed E-state index contributed by atoms with van der Waals surface area (Å²) in [5, 5.41) is 13.4. The van der Waals surface area contributed by atoms with Gasteiger partial charge in [-0.1, -0.05) is 26.0 Å². The number of hydrogen-bond acceptors (Lipinski definition) is 4. The third-order valence-electron chi connectivity index (χ3n) is 3.01. The lowest BCUT2D eigenvalue weighted by atomic mass is 10.2. The minimum absolute atomic E-state index is 0.108. The van der Waals surface area contributed by atoms with Crippen LogP contribution in [0, 0.1) is 5.92 Å². The van der Waals surface area contributed by atoms with Crippen LogP contribution >= 0.6 is 0 Å². The minimum atomic E-state index is -0.327. The Hall–Kier alpha value is -2.82. The van der Waals surface area contributed by atoms with Crippen molar-refractivity contribution < 1.29 is 14.6 Å². The fourth-order valence-electron chi connectivity index (χ4n) is 1.79. The molecule has 0 aliphatic rings. The number of aromatic hydroxyl groups is 1. The highest BCUT2D eigenvalue weighted by atomic mass is 16.5. The molecule has 120 valence electrons. The molecule has 1 amide bonds.